The topological polar surface area (TPSA) is 24.9 Å². The summed E-state index contributed by atoms with van der Waals surface area (Å²) < 4.78 is 5.26. The summed E-state index contributed by atoms with van der Waals surface area (Å²) in [5.41, 5.74) is 1.64. The SMILES string of the molecule is Brc1cnsc1CNCCC1=CCCCC1. The van der Waals surface area contributed by atoms with Crippen molar-refractivity contribution < 1.29 is 0 Å². The van der Waals surface area contributed by atoms with E-state index in [1.165, 1.54) is 37.0 Å². The summed E-state index contributed by atoms with van der Waals surface area (Å²) in [4.78, 5) is 1.29. The lowest BCUT2D eigenvalue weighted by Crippen LogP contribution is -2.15. The van der Waals surface area contributed by atoms with Crippen LogP contribution in [0.4, 0.5) is 0 Å². The molecule has 88 valence electrons. The van der Waals surface area contributed by atoms with Gasteiger partial charge in [-0.05, 0) is 66.1 Å². The first-order valence-corrected chi connectivity index (χ1v) is 7.40. The van der Waals surface area contributed by atoms with Gasteiger partial charge in [-0.15, -0.1) is 0 Å². The van der Waals surface area contributed by atoms with Gasteiger partial charge in [0, 0.05) is 6.54 Å². The van der Waals surface area contributed by atoms with Gasteiger partial charge in [0.1, 0.15) is 0 Å². The summed E-state index contributed by atoms with van der Waals surface area (Å²) in [6.07, 6.45) is 10.9. The summed E-state index contributed by atoms with van der Waals surface area (Å²) in [6, 6.07) is 0. The fourth-order valence-electron chi connectivity index (χ4n) is 1.95. The molecule has 4 heteroatoms. The number of hydrogen-bond acceptors (Lipinski definition) is 3. The third kappa shape index (κ3) is 3.68. The van der Waals surface area contributed by atoms with Gasteiger partial charge in [-0.1, -0.05) is 11.6 Å². The van der Waals surface area contributed by atoms with Gasteiger partial charge < -0.3 is 5.32 Å². The Morgan fingerprint density at radius 3 is 3.06 bits per heavy atom. The maximum atomic E-state index is 4.13. The molecule has 0 fully saturated rings. The molecule has 0 radical (unpaired) electrons. The van der Waals surface area contributed by atoms with E-state index in [1.54, 1.807) is 17.1 Å². The molecule has 1 heterocycles. The maximum absolute atomic E-state index is 4.13. The maximum Gasteiger partial charge on any atom is 0.0552 e. The third-order valence-electron chi connectivity index (χ3n) is 2.89. The zero-order valence-corrected chi connectivity index (χ0v) is 11.7. The van der Waals surface area contributed by atoms with Crippen LogP contribution in [0, 0.1) is 0 Å². The summed E-state index contributed by atoms with van der Waals surface area (Å²) in [7, 11) is 0. The molecular weight excluding hydrogens is 284 g/mol. The Bertz CT molecular complexity index is 360. The van der Waals surface area contributed by atoms with Crippen LogP contribution in [-0.2, 0) is 6.54 Å². The molecule has 0 saturated heterocycles. The van der Waals surface area contributed by atoms with Gasteiger partial charge in [-0.25, -0.2) is 0 Å². The Hall–Kier alpha value is -0.190. The van der Waals surface area contributed by atoms with Crippen LogP contribution in [0.5, 0.6) is 0 Å². The van der Waals surface area contributed by atoms with Crippen molar-refractivity contribution in [1.29, 1.82) is 0 Å². The zero-order valence-electron chi connectivity index (χ0n) is 9.34. The number of nitrogens with zero attached hydrogens (tertiary/aromatic N) is 1. The van der Waals surface area contributed by atoms with Crippen LogP contribution in [-0.4, -0.2) is 10.9 Å². The van der Waals surface area contributed by atoms with Crippen molar-refractivity contribution in [3.63, 3.8) is 0 Å². The van der Waals surface area contributed by atoms with Crippen LogP contribution < -0.4 is 5.32 Å². The number of halogens is 1. The van der Waals surface area contributed by atoms with Gasteiger partial charge in [-0.3, -0.25) is 0 Å². The van der Waals surface area contributed by atoms with E-state index < -0.39 is 0 Å². The monoisotopic (exact) mass is 300 g/mol. The van der Waals surface area contributed by atoms with E-state index in [1.807, 2.05) is 6.20 Å². The molecule has 0 saturated carbocycles. The van der Waals surface area contributed by atoms with Crippen molar-refractivity contribution in [1.82, 2.24) is 9.69 Å². The Morgan fingerprint density at radius 1 is 1.44 bits per heavy atom. The Labute approximate surface area is 109 Å². The molecule has 1 N–H and O–H groups in total. The number of aromatic nitrogens is 1. The first-order chi connectivity index (χ1) is 7.86. The number of nitrogens with one attached hydrogen (secondary N) is 1. The van der Waals surface area contributed by atoms with Crippen LogP contribution in [0.2, 0.25) is 0 Å². The predicted octanol–water partition coefficient (Wildman–Crippen LogP) is 3.89. The lowest BCUT2D eigenvalue weighted by atomic mass is 9.97. The predicted molar refractivity (Wildman–Crippen MR) is 72.7 cm³/mol. The molecule has 1 aromatic rings. The lowest BCUT2D eigenvalue weighted by molar-refractivity contribution is 0.634. The molecule has 1 aliphatic rings. The van der Waals surface area contributed by atoms with E-state index in [0.717, 1.165) is 17.6 Å². The highest BCUT2D eigenvalue weighted by atomic mass is 79.9. The summed E-state index contributed by atoms with van der Waals surface area (Å²) in [5, 5.41) is 3.48. The molecule has 16 heavy (non-hydrogen) atoms. The third-order valence-corrected chi connectivity index (χ3v) is 4.63. The molecule has 0 unspecified atom stereocenters. The van der Waals surface area contributed by atoms with Gasteiger partial charge in [0.15, 0.2) is 0 Å². The molecule has 1 aromatic heterocycles. The van der Waals surface area contributed by atoms with E-state index in [4.69, 9.17) is 0 Å². The van der Waals surface area contributed by atoms with E-state index in [0.29, 0.717) is 0 Å². The number of allylic oxidation sites excluding steroid dienone is 1. The van der Waals surface area contributed by atoms with Gasteiger partial charge in [0.25, 0.3) is 0 Å². The standard InChI is InChI=1S/C12H17BrN2S/c13-11-8-15-16-12(11)9-14-7-6-10-4-2-1-3-5-10/h4,8,14H,1-3,5-7,9H2. The molecule has 0 aromatic carbocycles. The van der Waals surface area contributed by atoms with E-state index in [9.17, 15) is 0 Å². The highest BCUT2D eigenvalue weighted by molar-refractivity contribution is 9.10. The second-order valence-corrected chi connectivity index (χ2v) is 5.87. The highest BCUT2D eigenvalue weighted by Crippen LogP contribution is 2.21. The molecule has 0 amide bonds. The molecule has 0 atom stereocenters. The van der Waals surface area contributed by atoms with Crippen LogP contribution >= 0.6 is 27.5 Å². The van der Waals surface area contributed by atoms with Crippen molar-refractivity contribution in [2.24, 2.45) is 0 Å². The first-order valence-electron chi connectivity index (χ1n) is 5.84. The Morgan fingerprint density at radius 2 is 2.38 bits per heavy atom. The van der Waals surface area contributed by atoms with Crippen molar-refractivity contribution in [3.8, 4) is 0 Å². The lowest BCUT2D eigenvalue weighted by Gasteiger charge is -2.12. The quantitative estimate of drug-likeness (QED) is 0.659. The van der Waals surface area contributed by atoms with E-state index in [-0.39, 0.29) is 0 Å². The average Bonchev–Trinajstić information content (AvgIpc) is 2.72. The van der Waals surface area contributed by atoms with Gasteiger partial charge in [-0.2, -0.15) is 4.37 Å². The van der Waals surface area contributed by atoms with Crippen molar-refractivity contribution in [3.05, 3.63) is 27.2 Å². The normalized spacial score (nSPS) is 16.2. The fourth-order valence-corrected chi connectivity index (χ4v) is 3.14. The van der Waals surface area contributed by atoms with Crippen molar-refractivity contribution >= 4 is 27.5 Å². The van der Waals surface area contributed by atoms with E-state index >= 15 is 0 Å². The Kier molecular flexibility index (Phi) is 5.00. The van der Waals surface area contributed by atoms with Gasteiger partial charge in [0.05, 0.1) is 15.5 Å². The van der Waals surface area contributed by atoms with Crippen molar-refractivity contribution in [2.75, 3.05) is 6.54 Å². The zero-order chi connectivity index (χ0) is 11.2. The molecule has 0 bridgehead atoms. The average molecular weight is 301 g/mol. The van der Waals surface area contributed by atoms with Crippen LogP contribution in [0.3, 0.4) is 0 Å². The molecule has 2 nitrogen and oxygen atoms in total. The minimum atomic E-state index is 0.929. The molecule has 2 rings (SSSR count). The molecule has 0 aliphatic heterocycles. The number of rotatable bonds is 5. The minimum absolute atomic E-state index is 0.929. The second-order valence-electron chi connectivity index (χ2n) is 4.13. The number of hydrogen-bond donors (Lipinski definition) is 1. The van der Waals surface area contributed by atoms with Gasteiger partial charge >= 0.3 is 0 Å². The van der Waals surface area contributed by atoms with Gasteiger partial charge in [0.2, 0.25) is 0 Å². The summed E-state index contributed by atoms with van der Waals surface area (Å²) in [6.45, 7) is 2.01. The van der Waals surface area contributed by atoms with Crippen molar-refractivity contribution in [2.45, 2.75) is 38.6 Å². The highest BCUT2D eigenvalue weighted by Gasteiger charge is 2.04. The van der Waals surface area contributed by atoms with Crippen LogP contribution in [0.1, 0.15) is 37.0 Å². The van der Waals surface area contributed by atoms with Crippen LogP contribution in [0.15, 0.2) is 22.3 Å². The minimum Gasteiger partial charge on any atom is -0.311 e. The smallest absolute Gasteiger partial charge is 0.0552 e. The second kappa shape index (κ2) is 6.52. The molecular formula is C12H17BrN2S. The summed E-state index contributed by atoms with van der Waals surface area (Å²) >= 11 is 5.05. The molecule has 0 spiro atoms. The van der Waals surface area contributed by atoms with Crippen LogP contribution in [0.25, 0.3) is 0 Å². The fraction of sp³-hybridized carbons (Fsp3) is 0.583. The first kappa shape index (κ1) is 12.3. The summed E-state index contributed by atoms with van der Waals surface area (Å²) in [5.74, 6) is 0. The van der Waals surface area contributed by atoms with E-state index in [2.05, 4.69) is 31.7 Å². The largest absolute Gasteiger partial charge is 0.311 e. The molecule has 1 aliphatic carbocycles. The Balaban J connectivity index is 1.65.